The molecule has 0 atom stereocenters. The van der Waals surface area contributed by atoms with Gasteiger partial charge in [-0.2, -0.15) is 0 Å². The van der Waals surface area contributed by atoms with Gasteiger partial charge in [0, 0.05) is 18.0 Å². The molecular weight excluding hydrogens is 252 g/mol. The van der Waals surface area contributed by atoms with Crippen molar-refractivity contribution in [1.82, 2.24) is 9.55 Å². The van der Waals surface area contributed by atoms with Crippen LogP contribution in [-0.4, -0.2) is 9.55 Å². The highest BCUT2D eigenvalue weighted by Crippen LogP contribution is 2.33. The molecule has 4 aromatic rings. The van der Waals surface area contributed by atoms with Crippen LogP contribution in [0.25, 0.3) is 31.8 Å². The largest absolute Gasteiger partial charge is 0.342 e. The molecule has 0 N–H and O–H groups in total. The Labute approximate surface area is 114 Å². The third-order valence-corrected chi connectivity index (χ3v) is 4.52. The van der Waals surface area contributed by atoms with Crippen molar-refractivity contribution in [2.45, 2.75) is 0 Å². The zero-order chi connectivity index (χ0) is 12.8. The van der Waals surface area contributed by atoms with E-state index in [0.29, 0.717) is 0 Å². The normalized spacial score (nSPS) is 11.4. The van der Waals surface area contributed by atoms with E-state index in [1.807, 2.05) is 6.07 Å². The molecule has 0 aliphatic carbocycles. The molecule has 2 aromatic carbocycles. The van der Waals surface area contributed by atoms with Crippen LogP contribution in [0.4, 0.5) is 0 Å². The van der Waals surface area contributed by atoms with Crippen molar-refractivity contribution in [3.8, 4) is 10.7 Å². The molecule has 0 radical (unpaired) electrons. The monoisotopic (exact) mass is 264 g/mol. The van der Waals surface area contributed by atoms with Crippen molar-refractivity contribution in [3.63, 3.8) is 0 Å². The van der Waals surface area contributed by atoms with Crippen LogP contribution in [0.15, 0.2) is 54.6 Å². The minimum absolute atomic E-state index is 1.08. The first kappa shape index (κ1) is 10.8. The summed E-state index contributed by atoms with van der Waals surface area (Å²) < 4.78 is 3.45. The van der Waals surface area contributed by atoms with Crippen molar-refractivity contribution in [2.75, 3.05) is 0 Å². The molecule has 19 heavy (non-hydrogen) atoms. The van der Waals surface area contributed by atoms with Gasteiger partial charge in [0.1, 0.15) is 5.01 Å². The lowest BCUT2D eigenvalue weighted by molar-refractivity contribution is 0.976. The van der Waals surface area contributed by atoms with Crippen LogP contribution in [0.3, 0.4) is 0 Å². The highest BCUT2D eigenvalue weighted by molar-refractivity contribution is 7.21. The smallest absolute Gasteiger partial charge is 0.141 e. The molecule has 92 valence electrons. The van der Waals surface area contributed by atoms with Crippen molar-refractivity contribution < 1.29 is 0 Å². The summed E-state index contributed by atoms with van der Waals surface area (Å²) in [4.78, 5) is 4.74. The van der Waals surface area contributed by atoms with Crippen molar-refractivity contribution in [3.05, 3.63) is 54.6 Å². The van der Waals surface area contributed by atoms with E-state index in [1.165, 1.54) is 21.3 Å². The van der Waals surface area contributed by atoms with E-state index in [4.69, 9.17) is 4.98 Å². The van der Waals surface area contributed by atoms with Gasteiger partial charge in [-0.1, -0.05) is 30.3 Å². The average Bonchev–Trinajstić information content (AvgIpc) is 3.00. The molecule has 0 bridgehead atoms. The zero-order valence-corrected chi connectivity index (χ0v) is 11.3. The van der Waals surface area contributed by atoms with Gasteiger partial charge in [-0.3, -0.25) is 0 Å². The summed E-state index contributed by atoms with van der Waals surface area (Å²) in [5.41, 5.74) is 3.51. The van der Waals surface area contributed by atoms with Gasteiger partial charge in [0.2, 0.25) is 0 Å². The molecule has 2 nitrogen and oxygen atoms in total. The second-order valence-electron chi connectivity index (χ2n) is 4.63. The Morgan fingerprint density at radius 1 is 1.00 bits per heavy atom. The lowest BCUT2D eigenvalue weighted by Crippen LogP contribution is -1.90. The predicted octanol–water partition coefficient (Wildman–Crippen LogP) is 4.46. The van der Waals surface area contributed by atoms with Gasteiger partial charge in [0.15, 0.2) is 0 Å². The maximum Gasteiger partial charge on any atom is 0.141 e. The van der Waals surface area contributed by atoms with E-state index in [-0.39, 0.29) is 0 Å². The highest BCUT2D eigenvalue weighted by Gasteiger charge is 2.11. The Bertz CT molecular complexity index is 853. The molecule has 0 fully saturated rings. The van der Waals surface area contributed by atoms with Crippen LogP contribution in [0.2, 0.25) is 0 Å². The molecule has 4 rings (SSSR count). The summed E-state index contributed by atoms with van der Waals surface area (Å²) in [5, 5.41) is 2.35. The van der Waals surface area contributed by atoms with E-state index in [1.54, 1.807) is 11.3 Å². The van der Waals surface area contributed by atoms with Gasteiger partial charge in [-0.05, 0) is 24.3 Å². The van der Waals surface area contributed by atoms with Crippen LogP contribution < -0.4 is 0 Å². The molecule has 0 spiro atoms. The van der Waals surface area contributed by atoms with Gasteiger partial charge >= 0.3 is 0 Å². The number of fused-ring (bicyclic) bond motifs is 2. The Morgan fingerprint density at radius 3 is 2.63 bits per heavy atom. The number of rotatable bonds is 1. The lowest BCUT2D eigenvalue weighted by atomic mass is 10.2. The van der Waals surface area contributed by atoms with Crippen molar-refractivity contribution >= 4 is 32.5 Å². The molecule has 0 amide bonds. The maximum atomic E-state index is 4.74. The van der Waals surface area contributed by atoms with Crippen LogP contribution in [0.5, 0.6) is 0 Å². The van der Waals surface area contributed by atoms with Gasteiger partial charge < -0.3 is 4.57 Å². The fraction of sp³-hybridized carbons (Fsp3) is 0.0625. The topological polar surface area (TPSA) is 17.8 Å². The van der Waals surface area contributed by atoms with Gasteiger partial charge in [0.25, 0.3) is 0 Å². The van der Waals surface area contributed by atoms with E-state index in [9.17, 15) is 0 Å². The zero-order valence-electron chi connectivity index (χ0n) is 10.5. The quantitative estimate of drug-likeness (QED) is 0.496. The number of hydrogen-bond donors (Lipinski definition) is 0. The molecule has 0 aliphatic rings. The Hall–Kier alpha value is -2.13. The van der Waals surface area contributed by atoms with Crippen LogP contribution >= 0.6 is 11.3 Å². The van der Waals surface area contributed by atoms with Crippen LogP contribution in [-0.2, 0) is 7.05 Å². The second kappa shape index (κ2) is 3.93. The number of aromatic nitrogens is 2. The molecule has 2 aromatic heterocycles. The summed E-state index contributed by atoms with van der Waals surface area (Å²) in [5.74, 6) is 0. The van der Waals surface area contributed by atoms with Crippen LogP contribution in [0.1, 0.15) is 0 Å². The summed E-state index contributed by atoms with van der Waals surface area (Å²) in [6.45, 7) is 0. The lowest BCUT2D eigenvalue weighted by Gasteiger charge is -1.99. The maximum absolute atomic E-state index is 4.74. The molecule has 0 unspecified atom stereocenters. The van der Waals surface area contributed by atoms with E-state index in [2.05, 4.69) is 60.1 Å². The number of nitrogens with zero attached hydrogens (tertiary/aromatic N) is 2. The Kier molecular flexibility index (Phi) is 2.23. The first-order valence-corrected chi connectivity index (χ1v) is 7.05. The molecule has 3 heteroatoms. The number of thiazole rings is 1. The number of hydrogen-bond acceptors (Lipinski definition) is 2. The molecular formula is C16H12N2S. The summed E-state index contributed by atoms with van der Waals surface area (Å²) in [6, 6.07) is 18.9. The Balaban J connectivity index is 2.01. The third kappa shape index (κ3) is 1.59. The fourth-order valence-electron chi connectivity index (χ4n) is 2.48. The van der Waals surface area contributed by atoms with E-state index < -0.39 is 0 Å². The summed E-state index contributed by atoms with van der Waals surface area (Å²) in [6.07, 6.45) is 0. The summed E-state index contributed by atoms with van der Waals surface area (Å²) in [7, 11) is 2.10. The standard InChI is InChI=1S/C16H12N2S/c1-18-13-8-4-2-6-11(13)10-14(18)16-17-12-7-3-5-9-15(12)19-16/h2-10H,1H3. The van der Waals surface area contributed by atoms with Gasteiger partial charge in [0.05, 0.1) is 15.9 Å². The second-order valence-corrected chi connectivity index (χ2v) is 5.66. The summed E-state index contributed by atoms with van der Waals surface area (Å²) >= 11 is 1.75. The van der Waals surface area contributed by atoms with Crippen molar-refractivity contribution in [2.24, 2.45) is 7.05 Å². The van der Waals surface area contributed by atoms with Crippen molar-refractivity contribution in [1.29, 1.82) is 0 Å². The molecule has 0 saturated heterocycles. The third-order valence-electron chi connectivity index (χ3n) is 3.46. The first-order chi connectivity index (χ1) is 9.33. The van der Waals surface area contributed by atoms with Gasteiger partial charge in [-0.15, -0.1) is 11.3 Å². The number of benzene rings is 2. The predicted molar refractivity (Wildman–Crippen MR) is 81.5 cm³/mol. The Morgan fingerprint density at radius 2 is 1.79 bits per heavy atom. The molecule has 2 heterocycles. The highest BCUT2D eigenvalue weighted by atomic mass is 32.1. The van der Waals surface area contributed by atoms with Gasteiger partial charge in [-0.25, -0.2) is 4.98 Å². The molecule has 0 aliphatic heterocycles. The van der Waals surface area contributed by atoms with E-state index >= 15 is 0 Å². The van der Waals surface area contributed by atoms with Crippen LogP contribution in [0, 0.1) is 0 Å². The number of para-hydroxylation sites is 2. The first-order valence-electron chi connectivity index (χ1n) is 6.23. The average molecular weight is 264 g/mol. The number of aryl methyl sites for hydroxylation is 1. The fourth-order valence-corrected chi connectivity index (χ4v) is 3.49. The molecule has 0 saturated carbocycles. The SMILES string of the molecule is Cn1c(-c2nc3ccccc3s2)cc2ccccc21. The van der Waals surface area contributed by atoms with E-state index in [0.717, 1.165) is 10.5 Å². The minimum atomic E-state index is 1.08. The minimum Gasteiger partial charge on any atom is -0.342 e.